The van der Waals surface area contributed by atoms with Crippen LogP contribution in [0.2, 0.25) is 0 Å². The smallest absolute Gasteiger partial charge is 0.137 e. The zero-order valence-corrected chi connectivity index (χ0v) is 43.7. The summed E-state index contributed by atoms with van der Waals surface area (Å²) in [6.45, 7) is 12.4. The average molecular weight is 978 g/mol. The van der Waals surface area contributed by atoms with E-state index in [9.17, 15) is 4.11 Å². The molecule has 5 heteroatoms. The molecule has 0 radical (unpaired) electrons. The molecule has 370 valence electrons. The first-order valence-electron chi connectivity index (χ1n) is 30.0. The highest BCUT2D eigenvalue weighted by molar-refractivity contribution is 6.09. The summed E-state index contributed by atoms with van der Waals surface area (Å²) in [5.41, 5.74) is 12.3. The van der Waals surface area contributed by atoms with Gasteiger partial charge in [-0.15, -0.1) is 0 Å². The van der Waals surface area contributed by atoms with E-state index < -0.39 is 20.6 Å². The molecule has 5 nitrogen and oxygen atoms in total. The quantitative estimate of drug-likeness (QED) is 0.152. The zero-order valence-electron chi connectivity index (χ0n) is 52.7. The maximum Gasteiger partial charge on any atom is 0.137 e. The van der Waals surface area contributed by atoms with Gasteiger partial charge in [0.25, 0.3) is 0 Å². The van der Waals surface area contributed by atoms with E-state index in [0.29, 0.717) is 46.2 Å². The largest absolute Gasteiger partial charge is 0.457 e. The molecule has 3 heterocycles. The summed E-state index contributed by atoms with van der Waals surface area (Å²) in [5.74, 6) is 1.66. The number of para-hydroxylation sites is 4. The summed E-state index contributed by atoms with van der Waals surface area (Å²) >= 11 is 0. The molecule has 1 aliphatic heterocycles. The summed E-state index contributed by atoms with van der Waals surface area (Å²) in [7, 11) is 0. The van der Waals surface area contributed by atoms with Gasteiger partial charge in [0.1, 0.15) is 24.0 Å². The van der Waals surface area contributed by atoms with E-state index in [4.69, 9.17) is 13.0 Å². The maximum absolute atomic E-state index is 9.18. The van der Waals surface area contributed by atoms with Gasteiger partial charge in [0, 0.05) is 58.3 Å². The molecule has 0 fully saturated rings. The predicted molar refractivity (Wildman–Crippen MR) is 314 cm³/mol. The van der Waals surface area contributed by atoms with Crippen LogP contribution in [-0.2, 0) is 16.2 Å². The number of rotatable bonds is 8. The summed E-state index contributed by atoms with van der Waals surface area (Å²) in [6, 6.07) is 57.2. The van der Waals surface area contributed by atoms with Crippen molar-refractivity contribution in [3.63, 3.8) is 0 Å². The number of benzene rings is 8. The molecule has 8 aromatic carbocycles. The SMILES string of the molecule is [2H]C([2H])([2H])c1ccnc(-n2c3ccccc3c3ccc(Oc4cccc(N5CN(c6c(-c7cc(C(C)(C)C)cc(C(C)(C)C)c7)cccc6-c6ccc(-c7ccc(C(C)(C)C)cc7C([2H])([2H])[2H])cc6C([2H])([2H])[2H])c6ccccc65)c4)cc32)c1. The van der Waals surface area contributed by atoms with Gasteiger partial charge in [-0.1, -0.05) is 172 Å². The Morgan fingerprint density at radius 1 is 0.459 bits per heavy atom. The van der Waals surface area contributed by atoms with Crippen LogP contribution >= 0.6 is 0 Å². The van der Waals surface area contributed by atoms with Crippen molar-refractivity contribution in [1.29, 1.82) is 0 Å². The van der Waals surface area contributed by atoms with E-state index in [-0.39, 0.29) is 32.9 Å². The molecule has 0 atom stereocenters. The van der Waals surface area contributed by atoms with E-state index in [1.165, 1.54) is 23.4 Å². The van der Waals surface area contributed by atoms with Gasteiger partial charge < -0.3 is 14.5 Å². The fourth-order valence-electron chi connectivity index (χ4n) is 10.4. The first-order valence-corrected chi connectivity index (χ1v) is 25.5. The Labute approximate surface area is 451 Å². The van der Waals surface area contributed by atoms with E-state index in [1.807, 2.05) is 135 Å². The number of aromatic nitrogens is 2. The molecule has 0 aliphatic carbocycles. The second-order valence-electron chi connectivity index (χ2n) is 22.8. The predicted octanol–water partition coefficient (Wildman–Crippen LogP) is 19.0. The normalized spacial score (nSPS) is 15.3. The van der Waals surface area contributed by atoms with Gasteiger partial charge in [-0.2, -0.15) is 0 Å². The lowest BCUT2D eigenvalue weighted by molar-refractivity contribution is 0.483. The van der Waals surface area contributed by atoms with Crippen LogP contribution in [0.1, 0.15) is 108 Å². The van der Waals surface area contributed by atoms with Crippen molar-refractivity contribution in [3.05, 3.63) is 216 Å². The fourth-order valence-corrected chi connectivity index (χ4v) is 10.4. The lowest BCUT2D eigenvalue weighted by Crippen LogP contribution is -2.25. The van der Waals surface area contributed by atoms with Crippen LogP contribution in [0.25, 0.3) is 61.0 Å². The molecule has 11 rings (SSSR count). The standard InChI is InChI=1S/C69H68N4O/c1-44-33-34-70-65(35-44)73-61-24-14-13-21-58(61)59-32-29-54(42-64(59)73)74-53-20-17-19-52(41-53)71-43-72(63-26-16-15-25-62(63)71)66-57(48-38-50(68(7,8)9)40-51(39-48)69(10,11)12)22-18-23-60(66)56-30-27-47(36-45(56)2)55-31-28-49(37-46(55)3)67(4,5)6/h13-42H,43H2,1-12H3/i1D3,2D3,3D3. The molecule has 0 saturated heterocycles. The van der Waals surface area contributed by atoms with Crippen LogP contribution in [0.3, 0.4) is 0 Å². The molecule has 0 saturated carbocycles. The molecule has 0 N–H and O–H groups in total. The topological polar surface area (TPSA) is 33.5 Å². The molecule has 1 aliphatic rings. The van der Waals surface area contributed by atoms with Crippen LogP contribution in [0, 0.1) is 20.6 Å². The Balaban J connectivity index is 1.05. The number of nitrogens with zero attached hydrogens (tertiary/aromatic N) is 4. The summed E-state index contributed by atoms with van der Waals surface area (Å²) < 4.78 is 86.6. The summed E-state index contributed by atoms with van der Waals surface area (Å²) in [4.78, 5) is 9.18. The highest BCUT2D eigenvalue weighted by Gasteiger charge is 2.33. The van der Waals surface area contributed by atoms with Crippen molar-refractivity contribution < 1.29 is 17.1 Å². The number of anilines is 4. The van der Waals surface area contributed by atoms with E-state index in [1.54, 1.807) is 18.2 Å². The van der Waals surface area contributed by atoms with Crippen LogP contribution in [-0.4, -0.2) is 16.2 Å². The molecular weight excluding hydrogens is 901 g/mol. The van der Waals surface area contributed by atoms with Gasteiger partial charge in [0.15, 0.2) is 0 Å². The number of fused-ring (bicyclic) bond motifs is 4. The minimum atomic E-state index is -2.60. The van der Waals surface area contributed by atoms with Gasteiger partial charge >= 0.3 is 0 Å². The Kier molecular flexibility index (Phi) is 9.54. The molecule has 10 aromatic rings. The first-order chi connectivity index (χ1) is 38.9. The number of pyridine rings is 1. The second-order valence-corrected chi connectivity index (χ2v) is 22.8. The van der Waals surface area contributed by atoms with Crippen molar-refractivity contribution in [3.8, 4) is 50.7 Å². The van der Waals surface area contributed by atoms with Crippen molar-refractivity contribution in [1.82, 2.24) is 9.55 Å². The molecule has 0 amide bonds. The van der Waals surface area contributed by atoms with Gasteiger partial charge in [0.2, 0.25) is 0 Å². The Bertz CT molecular complexity index is 4120. The Morgan fingerprint density at radius 2 is 1.12 bits per heavy atom. The van der Waals surface area contributed by atoms with Crippen LogP contribution in [0.4, 0.5) is 22.7 Å². The number of hydrogen-bond acceptors (Lipinski definition) is 4. The van der Waals surface area contributed by atoms with E-state index in [0.717, 1.165) is 61.2 Å². The molecule has 74 heavy (non-hydrogen) atoms. The number of aryl methyl sites for hydroxylation is 3. The third-order valence-electron chi connectivity index (χ3n) is 14.5. The minimum absolute atomic E-state index is 0.108. The number of hydrogen-bond donors (Lipinski definition) is 0. The van der Waals surface area contributed by atoms with Crippen LogP contribution in [0.15, 0.2) is 182 Å². The molecule has 0 bridgehead atoms. The Hall–Kier alpha value is -7.89. The highest BCUT2D eigenvalue weighted by atomic mass is 16.5. The van der Waals surface area contributed by atoms with Gasteiger partial charge in [-0.05, 0) is 147 Å². The molecular formula is C69H68N4O. The third-order valence-corrected chi connectivity index (χ3v) is 14.5. The molecule has 0 unspecified atom stereocenters. The molecule has 0 spiro atoms. The highest BCUT2D eigenvalue weighted by Crippen LogP contribution is 2.52. The fraction of sp³-hybridized carbons (Fsp3) is 0.232. The lowest BCUT2D eigenvalue weighted by Gasteiger charge is -2.30. The minimum Gasteiger partial charge on any atom is -0.457 e. The van der Waals surface area contributed by atoms with Crippen molar-refractivity contribution >= 4 is 44.6 Å². The second kappa shape index (κ2) is 18.2. The third kappa shape index (κ3) is 8.93. The maximum atomic E-state index is 9.18. The lowest BCUT2D eigenvalue weighted by atomic mass is 9.78. The summed E-state index contributed by atoms with van der Waals surface area (Å²) in [5, 5.41) is 1.96. The van der Waals surface area contributed by atoms with Gasteiger partial charge in [0.05, 0.1) is 28.1 Å². The molecule has 2 aromatic heterocycles. The summed E-state index contributed by atoms with van der Waals surface area (Å²) in [6.07, 6.45) is 1.54. The monoisotopic (exact) mass is 978 g/mol. The first kappa shape index (κ1) is 38.7. The van der Waals surface area contributed by atoms with Crippen molar-refractivity contribution in [2.24, 2.45) is 0 Å². The average Bonchev–Trinajstić information content (AvgIpc) is 1.98. The number of ether oxygens (including phenoxy) is 1. The van der Waals surface area contributed by atoms with Crippen molar-refractivity contribution in [2.75, 3.05) is 16.5 Å². The van der Waals surface area contributed by atoms with Crippen molar-refractivity contribution in [2.45, 2.75) is 99.1 Å². The van der Waals surface area contributed by atoms with E-state index >= 15 is 0 Å². The Morgan fingerprint density at radius 3 is 1.86 bits per heavy atom. The van der Waals surface area contributed by atoms with E-state index in [2.05, 4.69) is 98.8 Å². The van der Waals surface area contributed by atoms with Crippen LogP contribution < -0.4 is 14.5 Å². The van der Waals surface area contributed by atoms with Gasteiger partial charge in [-0.25, -0.2) is 4.98 Å². The zero-order chi connectivity index (χ0) is 59.3. The van der Waals surface area contributed by atoms with Gasteiger partial charge in [-0.3, -0.25) is 4.57 Å². The van der Waals surface area contributed by atoms with Crippen LogP contribution in [0.5, 0.6) is 11.5 Å².